The van der Waals surface area contributed by atoms with Crippen molar-refractivity contribution in [3.05, 3.63) is 48.6 Å². The number of aliphatic hydroxyl groups is 5. The van der Waals surface area contributed by atoms with Crippen molar-refractivity contribution in [2.45, 2.75) is 307 Å². The Labute approximate surface area is 440 Å². The summed E-state index contributed by atoms with van der Waals surface area (Å²) in [7, 11) is 0. The minimum atomic E-state index is -1.57. The van der Waals surface area contributed by atoms with Crippen LogP contribution in [-0.2, 0) is 23.8 Å². The number of carbonyl (C=O) groups excluding carboxylic acids is 2. The molecule has 420 valence electrons. The molecule has 72 heavy (non-hydrogen) atoms. The number of ether oxygens (including phenoxy) is 3. The highest BCUT2D eigenvalue weighted by Gasteiger charge is 2.44. The molecule has 11 heteroatoms. The first-order valence-corrected chi connectivity index (χ1v) is 29.9. The summed E-state index contributed by atoms with van der Waals surface area (Å²) in [5.74, 6) is -0.213. The molecule has 1 fully saturated rings. The maximum Gasteiger partial charge on any atom is 0.305 e. The highest BCUT2D eigenvalue weighted by Crippen LogP contribution is 2.23. The van der Waals surface area contributed by atoms with Gasteiger partial charge in [-0.05, 0) is 83.5 Å². The van der Waals surface area contributed by atoms with E-state index in [-0.39, 0.29) is 18.5 Å². The SMILES string of the molecule is CCCC/C=C\C/C=C\CCCCCCCC(=O)OCCCCCCCCCCCC/C=C\CCCCCCCCCC(=O)NC(COC1OC(CO)C(O)C(O)C1O)C(O)/C=C/CCCCCCCCC. The monoisotopic (exact) mass is 1020 g/mol. The summed E-state index contributed by atoms with van der Waals surface area (Å²) in [6, 6.07) is -0.815. The number of unbranched alkanes of at least 4 members (excludes halogenated alkanes) is 31. The lowest BCUT2D eigenvalue weighted by Crippen LogP contribution is -2.60. The molecule has 1 saturated heterocycles. The van der Waals surface area contributed by atoms with Gasteiger partial charge in [0.25, 0.3) is 0 Å². The Kier molecular flexibility index (Phi) is 47.7. The Hall–Kier alpha value is -2.38. The van der Waals surface area contributed by atoms with Crippen molar-refractivity contribution < 1.29 is 49.3 Å². The minimum absolute atomic E-state index is 0.0203. The molecule has 0 aliphatic carbocycles. The Balaban J connectivity index is 2.02. The van der Waals surface area contributed by atoms with Crippen molar-refractivity contribution in [3.8, 4) is 0 Å². The van der Waals surface area contributed by atoms with E-state index in [9.17, 15) is 35.1 Å². The van der Waals surface area contributed by atoms with E-state index in [0.29, 0.717) is 19.4 Å². The number of nitrogens with one attached hydrogen (secondary N) is 1. The molecule has 7 unspecified atom stereocenters. The second-order valence-corrected chi connectivity index (χ2v) is 20.7. The number of allylic oxidation sites excluding steroid dienone is 7. The fourth-order valence-electron chi connectivity index (χ4n) is 9.09. The average molecular weight is 1020 g/mol. The number of aliphatic hydroxyl groups excluding tert-OH is 5. The van der Waals surface area contributed by atoms with Gasteiger partial charge in [0.15, 0.2) is 6.29 Å². The molecule has 6 N–H and O–H groups in total. The van der Waals surface area contributed by atoms with Gasteiger partial charge in [0.1, 0.15) is 24.4 Å². The summed E-state index contributed by atoms with van der Waals surface area (Å²) < 4.78 is 16.7. The van der Waals surface area contributed by atoms with E-state index >= 15 is 0 Å². The number of amides is 1. The molecule has 1 amide bonds. The molecule has 0 aromatic heterocycles. The van der Waals surface area contributed by atoms with E-state index in [2.05, 4.69) is 55.6 Å². The van der Waals surface area contributed by atoms with Crippen LogP contribution in [-0.4, -0.2) is 100 Å². The zero-order chi connectivity index (χ0) is 52.4. The molecule has 0 saturated carbocycles. The van der Waals surface area contributed by atoms with Crippen molar-refractivity contribution in [1.82, 2.24) is 5.32 Å². The van der Waals surface area contributed by atoms with Crippen molar-refractivity contribution in [2.75, 3.05) is 19.8 Å². The van der Waals surface area contributed by atoms with Gasteiger partial charge in [-0.15, -0.1) is 0 Å². The van der Waals surface area contributed by atoms with Gasteiger partial charge in [-0.3, -0.25) is 9.59 Å². The average Bonchev–Trinajstić information content (AvgIpc) is 3.38. The fourth-order valence-corrected chi connectivity index (χ4v) is 9.09. The summed E-state index contributed by atoms with van der Waals surface area (Å²) >= 11 is 0. The van der Waals surface area contributed by atoms with E-state index in [1.807, 2.05) is 6.08 Å². The third kappa shape index (κ3) is 40.0. The van der Waals surface area contributed by atoms with Crippen molar-refractivity contribution in [1.29, 1.82) is 0 Å². The summed E-state index contributed by atoms with van der Waals surface area (Å²) in [5, 5.41) is 54.2. The first-order chi connectivity index (χ1) is 35.2. The lowest BCUT2D eigenvalue weighted by atomic mass is 9.99. The lowest BCUT2D eigenvalue weighted by molar-refractivity contribution is -0.302. The number of hydrogen-bond donors (Lipinski definition) is 6. The quantitative estimate of drug-likeness (QED) is 0.0195. The van der Waals surface area contributed by atoms with E-state index in [1.165, 1.54) is 148 Å². The Morgan fingerprint density at radius 2 is 0.944 bits per heavy atom. The normalized spacial score (nSPS) is 19.3. The molecule has 0 radical (unpaired) electrons. The number of hydrogen-bond acceptors (Lipinski definition) is 10. The molecule has 0 bridgehead atoms. The zero-order valence-corrected chi connectivity index (χ0v) is 46.1. The third-order valence-electron chi connectivity index (χ3n) is 13.9. The smallest absolute Gasteiger partial charge is 0.305 e. The number of carbonyl (C=O) groups is 2. The van der Waals surface area contributed by atoms with Crippen LogP contribution in [0, 0.1) is 0 Å². The number of esters is 1. The van der Waals surface area contributed by atoms with E-state index < -0.39 is 49.5 Å². The highest BCUT2D eigenvalue weighted by atomic mass is 16.7. The predicted molar refractivity (Wildman–Crippen MR) is 297 cm³/mol. The zero-order valence-electron chi connectivity index (χ0n) is 46.1. The van der Waals surface area contributed by atoms with E-state index in [4.69, 9.17) is 14.2 Å². The predicted octanol–water partition coefficient (Wildman–Crippen LogP) is 13.7. The molecule has 11 nitrogen and oxygen atoms in total. The Morgan fingerprint density at radius 3 is 1.46 bits per heavy atom. The van der Waals surface area contributed by atoms with Crippen molar-refractivity contribution >= 4 is 11.9 Å². The molecule has 7 atom stereocenters. The van der Waals surface area contributed by atoms with E-state index in [1.54, 1.807) is 6.08 Å². The van der Waals surface area contributed by atoms with Crippen LogP contribution in [0.25, 0.3) is 0 Å². The van der Waals surface area contributed by atoms with Crippen LogP contribution in [0.15, 0.2) is 48.6 Å². The first-order valence-electron chi connectivity index (χ1n) is 29.9. The molecular weight excluding hydrogens is 907 g/mol. The summed E-state index contributed by atoms with van der Waals surface area (Å²) in [4.78, 5) is 25.0. The molecule has 1 aliphatic heterocycles. The third-order valence-corrected chi connectivity index (χ3v) is 13.9. The standard InChI is InChI=1S/C61H111NO10/c1-3-5-7-9-11-13-14-15-26-29-33-37-41-45-49-57(66)70-50-46-42-38-34-30-27-24-22-20-18-16-17-19-21-23-25-28-32-36-40-44-48-56(65)62-53(54(64)47-43-39-35-31-12-10-8-6-4-2)52-71-61-60(69)59(68)58(67)55(51-63)72-61/h9,11,14-15,17,19,43,47,53-55,58-61,63-64,67-69H,3-8,10,12-13,16,18,20-42,44-46,48-52H2,1-2H3,(H,62,65)/b11-9-,15-14-,19-17-,47-43+. The van der Waals surface area contributed by atoms with Crippen LogP contribution in [0.2, 0.25) is 0 Å². The van der Waals surface area contributed by atoms with Crippen LogP contribution in [0.3, 0.4) is 0 Å². The summed E-state index contributed by atoms with van der Waals surface area (Å²) in [6.07, 6.45) is 53.6. The van der Waals surface area contributed by atoms with Gasteiger partial charge in [-0.1, -0.05) is 217 Å². The van der Waals surface area contributed by atoms with Gasteiger partial charge in [-0.2, -0.15) is 0 Å². The molecule has 1 aliphatic rings. The molecule has 0 spiro atoms. The van der Waals surface area contributed by atoms with Gasteiger partial charge in [0, 0.05) is 12.8 Å². The molecular formula is C61H111NO10. The second-order valence-electron chi connectivity index (χ2n) is 20.7. The Morgan fingerprint density at radius 1 is 0.514 bits per heavy atom. The van der Waals surface area contributed by atoms with Crippen LogP contribution in [0.5, 0.6) is 0 Å². The summed E-state index contributed by atoms with van der Waals surface area (Å²) in [6.45, 7) is 4.25. The Bertz CT molecular complexity index is 1340. The van der Waals surface area contributed by atoms with Gasteiger partial charge in [0.2, 0.25) is 5.91 Å². The summed E-state index contributed by atoms with van der Waals surface area (Å²) in [5.41, 5.74) is 0. The van der Waals surface area contributed by atoms with Gasteiger partial charge < -0.3 is 45.1 Å². The van der Waals surface area contributed by atoms with Gasteiger partial charge in [0.05, 0.1) is 32.0 Å². The topological polar surface area (TPSA) is 175 Å². The highest BCUT2D eigenvalue weighted by molar-refractivity contribution is 5.76. The minimum Gasteiger partial charge on any atom is -0.466 e. The lowest BCUT2D eigenvalue weighted by Gasteiger charge is -2.40. The largest absolute Gasteiger partial charge is 0.466 e. The van der Waals surface area contributed by atoms with Crippen LogP contribution in [0.1, 0.15) is 264 Å². The second kappa shape index (κ2) is 50.8. The number of rotatable bonds is 51. The van der Waals surface area contributed by atoms with Crippen LogP contribution >= 0.6 is 0 Å². The molecule has 0 aromatic carbocycles. The van der Waals surface area contributed by atoms with E-state index in [0.717, 1.165) is 89.9 Å². The molecule has 0 aromatic rings. The van der Waals surface area contributed by atoms with Gasteiger partial charge >= 0.3 is 5.97 Å². The van der Waals surface area contributed by atoms with Crippen molar-refractivity contribution in [3.63, 3.8) is 0 Å². The molecule has 1 heterocycles. The van der Waals surface area contributed by atoms with Gasteiger partial charge in [-0.25, -0.2) is 0 Å². The maximum absolute atomic E-state index is 13.0. The first kappa shape index (κ1) is 67.6. The van der Waals surface area contributed by atoms with Crippen LogP contribution < -0.4 is 5.32 Å². The van der Waals surface area contributed by atoms with Crippen molar-refractivity contribution in [2.24, 2.45) is 0 Å². The maximum atomic E-state index is 13.0. The fraction of sp³-hybridized carbons (Fsp3) is 0.836. The molecule has 1 rings (SSSR count). The van der Waals surface area contributed by atoms with Crippen LogP contribution in [0.4, 0.5) is 0 Å².